The molecule has 0 spiro atoms. The molecule has 3 N–H and O–H groups in total. The number of amides is 1. The van der Waals surface area contributed by atoms with Gasteiger partial charge in [-0.15, -0.1) is 0 Å². The van der Waals surface area contributed by atoms with Gasteiger partial charge in [-0.25, -0.2) is 0 Å². The second-order valence-electron chi connectivity index (χ2n) is 7.66. The Morgan fingerprint density at radius 2 is 1.68 bits per heavy atom. The molecule has 0 aromatic heterocycles. The van der Waals surface area contributed by atoms with Crippen LogP contribution in [0.25, 0.3) is 0 Å². The Morgan fingerprint density at radius 3 is 2.11 bits per heavy atom. The van der Waals surface area contributed by atoms with Gasteiger partial charge in [-0.05, 0) is 75.0 Å². The largest absolute Gasteiger partial charge is 0.355 e. The smallest absolute Gasteiger partial charge is 0.240 e. The van der Waals surface area contributed by atoms with Crippen LogP contribution >= 0.6 is 0 Å². The van der Waals surface area contributed by atoms with Crippen LogP contribution in [0.3, 0.4) is 0 Å². The first-order chi connectivity index (χ1) is 8.97. The molecule has 1 amide bonds. The predicted molar refractivity (Wildman–Crippen MR) is 76.5 cm³/mol. The third kappa shape index (κ3) is 2.01. The molecule has 4 bridgehead atoms. The second-order valence-corrected chi connectivity index (χ2v) is 7.66. The van der Waals surface area contributed by atoms with Crippen LogP contribution in [-0.4, -0.2) is 18.0 Å². The first-order valence-corrected chi connectivity index (χ1v) is 8.04. The van der Waals surface area contributed by atoms with E-state index in [1.165, 1.54) is 38.5 Å². The van der Waals surface area contributed by atoms with E-state index in [2.05, 4.69) is 12.2 Å². The summed E-state index contributed by atoms with van der Waals surface area (Å²) in [6.07, 6.45) is 8.72. The molecule has 3 heteroatoms. The lowest BCUT2D eigenvalue weighted by Gasteiger charge is -2.61. The zero-order chi connectivity index (χ0) is 13.7. The fourth-order valence-electron chi connectivity index (χ4n) is 5.41. The van der Waals surface area contributed by atoms with Crippen LogP contribution in [0.4, 0.5) is 0 Å². The quantitative estimate of drug-likeness (QED) is 0.819. The van der Waals surface area contributed by atoms with E-state index in [1.54, 1.807) is 0 Å². The molecule has 0 aromatic rings. The Kier molecular flexibility index (Phi) is 3.16. The van der Waals surface area contributed by atoms with Gasteiger partial charge in [-0.3, -0.25) is 4.79 Å². The summed E-state index contributed by atoms with van der Waals surface area (Å²) in [6.45, 7) is 4.82. The molecule has 1 atom stereocenters. The minimum Gasteiger partial charge on any atom is -0.355 e. The zero-order valence-electron chi connectivity index (χ0n) is 12.4. The van der Waals surface area contributed by atoms with E-state index in [9.17, 15) is 4.79 Å². The summed E-state index contributed by atoms with van der Waals surface area (Å²) < 4.78 is 0. The third-order valence-corrected chi connectivity index (χ3v) is 6.15. The molecule has 0 heterocycles. The second kappa shape index (κ2) is 4.47. The first kappa shape index (κ1) is 13.4. The van der Waals surface area contributed by atoms with Crippen LogP contribution < -0.4 is 11.1 Å². The summed E-state index contributed by atoms with van der Waals surface area (Å²) in [5.74, 6) is 2.60. The van der Waals surface area contributed by atoms with E-state index in [0.29, 0.717) is 0 Å². The van der Waals surface area contributed by atoms with Crippen molar-refractivity contribution in [2.75, 3.05) is 6.54 Å². The van der Waals surface area contributed by atoms with Crippen molar-refractivity contribution < 1.29 is 4.79 Å². The number of hydrogen-bond donors (Lipinski definition) is 2. The highest BCUT2D eigenvalue weighted by Crippen LogP contribution is 2.63. The maximum Gasteiger partial charge on any atom is 0.240 e. The molecular formula is C16H28N2O. The van der Waals surface area contributed by atoms with Crippen molar-refractivity contribution >= 4 is 5.91 Å². The van der Waals surface area contributed by atoms with E-state index in [1.807, 2.05) is 6.92 Å². The van der Waals surface area contributed by atoms with Crippen molar-refractivity contribution in [2.24, 2.45) is 28.9 Å². The van der Waals surface area contributed by atoms with Gasteiger partial charge in [0.15, 0.2) is 0 Å². The van der Waals surface area contributed by atoms with E-state index in [-0.39, 0.29) is 11.3 Å². The third-order valence-electron chi connectivity index (χ3n) is 6.15. The maximum absolute atomic E-state index is 12.5. The summed E-state index contributed by atoms with van der Waals surface area (Å²) in [6, 6.07) is 0. The van der Waals surface area contributed by atoms with Crippen molar-refractivity contribution in [3.05, 3.63) is 0 Å². The number of carbonyl (C=O) groups is 1. The van der Waals surface area contributed by atoms with Crippen LogP contribution in [-0.2, 0) is 4.79 Å². The predicted octanol–water partition coefficient (Wildman–Crippen LogP) is 2.45. The van der Waals surface area contributed by atoms with Crippen molar-refractivity contribution in [2.45, 2.75) is 64.3 Å². The Balaban J connectivity index is 1.81. The number of carbonyl (C=O) groups excluding carboxylic acids is 1. The zero-order valence-corrected chi connectivity index (χ0v) is 12.4. The van der Waals surface area contributed by atoms with Gasteiger partial charge in [0, 0.05) is 6.54 Å². The lowest BCUT2D eigenvalue weighted by molar-refractivity contribution is -0.143. The standard InChI is InChI=1S/C16H28N2O/c1-3-4-18-14(19)15(2,17)16-8-11-5-12(9-16)7-13(6-11)10-16/h11-13H,3-10,17H2,1-2H3,(H,18,19). The SMILES string of the molecule is CCCNC(=O)C(C)(N)C12CC3CC(CC(C3)C1)C2. The van der Waals surface area contributed by atoms with Gasteiger partial charge in [0.05, 0.1) is 5.54 Å². The van der Waals surface area contributed by atoms with E-state index < -0.39 is 5.54 Å². The monoisotopic (exact) mass is 264 g/mol. The fraction of sp³-hybridized carbons (Fsp3) is 0.938. The van der Waals surface area contributed by atoms with Crippen molar-refractivity contribution in [3.63, 3.8) is 0 Å². The maximum atomic E-state index is 12.5. The lowest BCUT2D eigenvalue weighted by atomic mass is 9.45. The Labute approximate surface area is 116 Å². The van der Waals surface area contributed by atoms with Crippen LogP contribution in [0, 0.1) is 23.2 Å². The van der Waals surface area contributed by atoms with Gasteiger partial charge >= 0.3 is 0 Å². The average molecular weight is 264 g/mol. The highest BCUT2D eigenvalue weighted by molar-refractivity contribution is 5.86. The molecule has 4 fully saturated rings. The van der Waals surface area contributed by atoms with Gasteiger partial charge in [-0.1, -0.05) is 6.92 Å². The molecule has 4 rings (SSSR count). The summed E-state index contributed by atoms with van der Waals surface area (Å²) >= 11 is 0. The lowest BCUT2D eigenvalue weighted by Crippen LogP contribution is -2.67. The van der Waals surface area contributed by atoms with E-state index >= 15 is 0 Å². The Hall–Kier alpha value is -0.570. The van der Waals surface area contributed by atoms with Gasteiger partial charge in [0.2, 0.25) is 5.91 Å². The Morgan fingerprint density at radius 1 is 1.21 bits per heavy atom. The molecule has 4 aliphatic rings. The molecule has 19 heavy (non-hydrogen) atoms. The molecular weight excluding hydrogens is 236 g/mol. The molecule has 4 saturated carbocycles. The molecule has 1 unspecified atom stereocenters. The normalized spacial score (nSPS) is 43.0. The van der Waals surface area contributed by atoms with Gasteiger partial charge < -0.3 is 11.1 Å². The Bertz CT molecular complexity index is 340. The molecule has 0 saturated heterocycles. The van der Waals surface area contributed by atoms with Gasteiger partial charge in [-0.2, -0.15) is 0 Å². The molecule has 4 aliphatic carbocycles. The number of nitrogens with one attached hydrogen (secondary N) is 1. The molecule has 3 nitrogen and oxygen atoms in total. The van der Waals surface area contributed by atoms with Crippen LogP contribution in [0.2, 0.25) is 0 Å². The average Bonchev–Trinajstić information content (AvgIpc) is 2.34. The van der Waals surface area contributed by atoms with Crippen molar-refractivity contribution in [1.82, 2.24) is 5.32 Å². The summed E-state index contributed by atoms with van der Waals surface area (Å²) in [7, 11) is 0. The first-order valence-electron chi connectivity index (χ1n) is 8.04. The molecule has 108 valence electrons. The fourth-order valence-corrected chi connectivity index (χ4v) is 5.41. The number of hydrogen-bond acceptors (Lipinski definition) is 2. The van der Waals surface area contributed by atoms with Crippen LogP contribution in [0.5, 0.6) is 0 Å². The molecule has 0 aliphatic heterocycles. The van der Waals surface area contributed by atoms with E-state index in [0.717, 1.165) is 30.7 Å². The van der Waals surface area contributed by atoms with Crippen LogP contribution in [0.15, 0.2) is 0 Å². The highest BCUT2D eigenvalue weighted by atomic mass is 16.2. The molecule has 0 radical (unpaired) electrons. The topological polar surface area (TPSA) is 55.1 Å². The van der Waals surface area contributed by atoms with Gasteiger partial charge in [0.1, 0.15) is 0 Å². The van der Waals surface area contributed by atoms with E-state index in [4.69, 9.17) is 5.73 Å². The minimum atomic E-state index is -0.682. The number of rotatable bonds is 4. The minimum absolute atomic E-state index is 0.0799. The van der Waals surface area contributed by atoms with Crippen molar-refractivity contribution in [3.8, 4) is 0 Å². The number of nitrogens with two attached hydrogens (primary N) is 1. The summed E-state index contributed by atoms with van der Waals surface area (Å²) in [5.41, 5.74) is 5.99. The highest BCUT2D eigenvalue weighted by Gasteiger charge is 2.59. The summed E-state index contributed by atoms with van der Waals surface area (Å²) in [4.78, 5) is 12.5. The van der Waals surface area contributed by atoms with Crippen LogP contribution in [0.1, 0.15) is 58.8 Å². The van der Waals surface area contributed by atoms with Crippen molar-refractivity contribution in [1.29, 1.82) is 0 Å². The summed E-state index contributed by atoms with van der Waals surface area (Å²) in [5, 5.41) is 3.03. The van der Waals surface area contributed by atoms with Gasteiger partial charge in [0.25, 0.3) is 0 Å². The molecule has 0 aromatic carbocycles.